The third-order valence-electron chi connectivity index (χ3n) is 10.3. The Hall–Kier alpha value is -3.46. The number of unbranched alkanes of at least 4 members (excludes halogenated alkanes) is 3. The van der Waals surface area contributed by atoms with Crippen LogP contribution in [0, 0.1) is 24.7 Å². The van der Waals surface area contributed by atoms with E-state index < -0.39 is 29.1 Å². The second kappa shape index (κ2) is 13.7. The molecular formula is C37H46ClN3O5. The zero-order chi connectivity index (χ0) is 33.2. The molecule has 6 atom stereocenters. The van der Waals surface area contributed by atoms with Crippen LogP contribution in [0.5, 0.6) is 0 Å². The van der Waals surface area contributed by atoms with Gasteiger partial charge in [-0.15, -0.1) is 13.2 Å². The maximum absolute atomic E-state index is 15.0. The smallest absolute Gasteiger partial charge is 0.253 e. The molecule has 3 aliphatic heterocycles. The van der Waals surface area contributed by atoms with Crippen LogP contribution >= 0.6 is 11.6 Å². The Morgan fingerprint density at radius 3 is 2.35 bits per heavy atom. The first-order chi connectivity index (χ1) is 22.1. The van der Waals surface area contributed by atoms with Crippen molar-refractivity contribution in [3.63, 3.8) is 0 Å². The molecule has 3 fully saturated rings. The van der Waals surface area contributed by atoms with Crippen LogP contribution in [0.1, 0.15) is 51.5 Å². The van der Waals surface area contributed by atoms with Gasteiger partial charge in [-0.25, -0.2) is 0 Å². The van der Waals surface area contributed by atoms with Crippen molar-refractivity contribution in [2.45, 2.75) is 70.1 Å². The van der Waals surface area contributed by atoms with Gasteiger partial charge in [0.15, 0.2) is 0 Å². The fourth-order valence-corrected chi connectivity index (χ4v) is 8.47. The summed E-state index contributed by atoms with van der Waals surface area (Å²) in [6, 6.07) is 13.9. The van der Waals surface area contributed by atoms with Gasteiger partial charge in [0, 0.05) is 31.9 Å². The summed E-state index contributed by atoms with van der Waals surface area (Å²) in [4.78, 5) is 49.4. The molecule has 3 amide bonds. The third-order valence-corrected chi connectivity index (χ3v) is 10.6. The van der Waals surface area contributed by atoms with Gasteiger partial charge in [-0.05, 0) is 62.8 Å². The number of aryl methyl sites for hydroxylation is 1. The normalized spacial score (nSPS) is 27.8. The van der Waals surface area contributed by atoms with Gasteiger partial charge in [-0.2, -0.15) is 0 Å². The van der Waals surface area contributed by atoms with Crippen molar-refractivity contribution in [1.82, 2.24) is 4.90 Å². The van der Waals surface area contributed by atoms with Gasteiger partial charge in [0.25, 0.3) is 5.91 Å². The Morgan fingerprint density at radius 1 is 1.02 bits per heavy atom. The van der Waals surface area contributed by atoms with Crippen LogP contribution in [0.3, 0.4) is 0 Å². The molecular weight excluding hydrogens is 602 g/mol. The number of ether oxygens (including phenoxy) is 1. The Morgan fingerprint density at radius 2 is 1.70 bits per heavy atom. The van der Waals surface area contributed by atoms with Gasteiger partial charge < -0.3 is 24.5 Å². The minimum absolute atomic E-state index is 0.0958. The second-order valence-corrected chi connectivity index (χ2v) is 13.5. The van der Waals surface area contributed by atoms with E-state index in [2.05, 4.69) is 20.1 Å². The molecule has 3 heterocycles. The maximum atomic E-state index is 15.0. The van der Waals surface area contributed by atoms with Crippen molar-refractivity contribution in [1.29, 1.82) is 0 Å². The van der Waals surface area contributed by atoms with Crippen LogP contribution in [-0.2, 0) is 19.1 Å². The highest BCUT2D eigenvalue weighted by Gasteiger charge is 2.80. The average molecular weight is 648 g/mol. The number of aliphatic hydroxyl groups excluding tert-OH is 1. The molecule has 0 aliphatic carbocycles. The summed E-state index contributed by atoms with van der Waals surface area (Å²) in [5.74, 6) is -2.45. The van der Waals surface area contributed by atoms with Crippen LogP contribution in [-0.4, -0.2) is 71.2 Å². The van der Waals surface area contributed by atoms with E-state index in [-0.39, 0.29) is 43.3 Å². The van der Waals surface area contributed by atoms with E-state index in [4.69, 9.17) is 16.3 Å². The number of carbonyl (C=O) groups excluding carboxylic acids is 3. The van der Waals surface area contributed by atoms with Crippen molar-refractivity contribution in [2.75, 3.05) is 36.0 Å². The fraction of sp³-hybridized carbons (Fsp3) is 0.486. The van der Waals surface area contributed by atoms with E-state index in [9.17, 15) is 14.7 Å². The standard InChI is InChI=1S/C37H46ClN3O5/c1-6-20-39(27-17-11-10-12-18-27)33(43)29-30-34(44)41(22-13-8-9-14-23-42)32(37(30)24-26(4)36(29,5)46-37)35(45)40(21-7-2)31-25(3)16-15-19-28(31)38/h6-7,10-12,15-19,26,29-30,32,42H,1-2,8-9,13-14,20-24H2,3-5H3/t26?,29-,30+,32?,36+,37?/m1/s1. The number of nitrogens with zero attached hydrogens (tertiary/aromatic N) is 3. The molecule has 246 valence electrons. The van der Waals surface area contributed by atoms with Crippen molar-refractivity contribution in [2.24, 2.45) is 17.8 Å². The number of carbonyl (C=O) groups is 3. The molecule has 0 radical (unpaired) electrons. The van der Waals surface area contributed by atoms with E-state index in [1.54, 1.807) is 32.9 Å². The first kappa shape index (κ1) is 33.9. The molecule has 2 aromatic carbocycles. The number of para-hydroxylation sites is 2. The zero-order valence-corrected chi connectivity index (χ0v) is 27.9. The molecule has 1 N–H and O–H groups in total. The fourth-order valence-electron chi connectivity index (χ4n) is 8.14. The number of anilines is 2. The number of benzene rings is 2. The van der Waals surface area contributed by atoms with Gasteiger partial charge in [-0.3, -0.25) is 14.4 Å². The molecule has 3 aliphatic rings. The minimum Gasteiger partial charge on any atom is -0.396 e. The van der Waals surface area contributed by atoms with E-state index in [1.807, 2.05) is 56.3 Å². The lowest BCUT2D eigenvalue weighted by molar-refractivity contribution is -0.145. The Bertz CT molecular complexity index is 1460. The predicted octanol–water partition coefficient (Wildman–Crippen LogP) is 5.95. The second-order valence-electron chi connectivity index (χ2n) is 13.1. The Kier molecular flexibility index (Phi) is 10.1. The van der Waals surface area contributed by atoms with Crippen molar-refractivity contribution < 1.29 is 24.2 Å². The van der Waals surface area contributed by atoms with Crippen LogP contribution < -0.4 is 9.80 Å². The molecule has 2 bridgehead atoms. The van der Waals surface area contributed by atoms with Crippen molar-refractivity contribution in [3.05, 3.63) is 84.4 Å². The van der Waals surface area contributed by atoms with E-state index in [1.165, 1.54) is 0 Å². The number of halogens is 1. The van der Waals surface area contributed by atoms with Crippen molar-refractivity contribution in [3.8, 4) is 0 Å². The first-order valence-electron chi connectivity index (χ1n) is 16.3. The molecule has 3 saturated heterocycles. The van der Waals surface area contributed by atoms with Crippen molar-refractivity contribution >= 4 is 40.7 Å². The van der Waals surface area contributed by atoms with Gasteiger partial charge >= 0.3 is 0 Å². The summed E-state index contributed by atoms with van der Waals surface area (Å²) in [5, 5.41) is 9.71. The number of fused-ring (bicyclic) bond motifs is 1. The van der Waals surface area contributed by atoms with Gasteiger partial charge in [0.1, 0.15) is 11.6 Å². The van der Waals surface area contributed by atoms with Crippen LogP contribution in [0.25, 0.3) is 0 Å². The van der Waals surface area contributed by atoms with Gasteiger partial charge in [0.2, 0.25) is 11.8 Å². The quantitative estimate of drug-likeness (QED) is 0.202. The predicted molar refractivity (Wildman–Crippen MR) is 182 cm³/mol. The molecule has 0 aromatic heterocycles. The summed E-state index contributed by atoms with van der Waals surface area (Å²) in [7, 11) is 0. The van der Waals surface area contributed by atoms with Crippen LogP contribution in [0.2, 0.25) is 5.02 Å². The number of likely N-dealkylation sites (tertiary alicyclic amines) is 1. The lowest BCUT2D eigenvalue weighted by atomic mass is 9.62. The SMILES string of the molecule is C=CCN(C(=O)[C@H]1[C@H]2C(=O)N(CCCCCCO)C(C(=O)N(CC=C)c3c(C)cccc3Cl)C23CC(C)[C@]1(C)O3)c1ccccc1. The summed E-state index contributed by atoms with van der Waals surface area (Å²) < 4.78 is 7.01. The van der Waals surface area contributed by atoms with Crippen LogP contribution in [0.4, 0.5) is 11.4 Å². The zero-order valence-electron chi connectivity index (χ0n) is 27.2. The third kappa shape index (κ3) is 5.58. The Balaban J connectivity index is 1.61. The maximum Gasteiger partial charge on any atom is 0.253 e. The summed E-state index contributed by atoms with van der Waals surface area (Å²) >= 11 is 6.71. The highest BCUT2D eigenvalue weighted by Crippen LogP contribution is 2.65. The molecule has 8 nitrogen and oxygen atoms in total. The number of amides is 3. The number of rotatable bonds is 14. The molecule has 46 heavy (non-hydrogen) atoms. The van der Waals surface area contributed by atoms with E-state index >= 15 is 4.79 Å². The topological polar surface area (TPSA) is 90.4 Å². The summed E-state index contributed by atoms with van der Waals surface area (Å²) in [6.07, 6.45) is 6.74. The highest BCUT2D eigenvalue weighted by atomic mass is 35.5. The number of aliphatic hydroxyl groups is 1. The van der Waals surface area contributed by atoms with Gasteiger partial charge in [0.05, 0.1) is 28.1 Å². The lowest BCUT2D eigenvalue weighted by Gasteiger charge is -2.39. The van der Waals surface area contributed by atoms with E-state index in [0.717, 1.165) is 18.4 Å². The summed E-state index contributed by atoms with van der Waals surface area (Å²) in [6.45, 7) is 14.6. The molecule has 2 aromatic rings. The monoisotopic (exact) mass is 647 g/mol. The summed E-state index contributed by atoms with van der Waals surface area (Å²) in [5.41, 5.74) is -0.0417. The molecule has 0 saturated carbocycles. The number of hydrogen-bond donors (Lipinski definition) is 1. The average Bonchev–Trinajstić information content (AvgIpc) is 3.55. The first-order valence-corrected chi connectivity index (χ1v) is 16.7. The molecule has 1 spiro atoms. The van der Waals surface area contributed by atoms with Gasteiger partial charge in [-0.1, -0.05) is 73.9 Å². The highest BCUT2D eigenvalue weighted by molar-refractivity contribution is 6.34. The largest absolute Gasteiger partial charge is 0.396 e. The molecule has 3 unspecified atom stereocenters. The molecule has 9 heteroatoms. The van der Waals surface area contributed by atoms with Crippen LogP contribution in [0.15, 0.2) is 73.8 Å². The lowest BCUT2D eigenvalue weighted by Crippen LogP contribution is -2.57. The Labute approximate surface area is 277 Å². The minimum atomic E-state index is -1.20. The van der Waals surface area contributed by atoms with E-state index in [0.29, 0.717) is 42.2 Å². The number of hydrogen-bond acceptors (Lipinski definition) is 5. The molecule has 5 rings (SSSR count).